The van der Waals surface area contributed by atoms with Crippen LogP contribution in [-0.4, -0.2) is 9.55 Å². The third-order valence-corrected chi connectivity index (χ3v) is 4.22. The van der Waals surface area contributed by atoms with E-state index in [2.05, 4.69) is 4.98 Å². The summed E-state index contributed by atoms with van der Waals surface area (Å²) in [7, 11) is 0. The highest BCUT2D eigenvalue weighted by atomic mass is 35.5. The normalized spacial score (nSPS) is 11.0. The van der Waals surface area contributed by atoms with Gasteiger partial charge in [-0.15, -0.1) is 0 Å². The fourth-order valence-electron chi connectivity index (χ4n) is 2.51. The van der Waals surface area contributed by atoms with Crippen LogP contribution in [0.5, 0.6) is 0 Å². The zero-order valence-electron chi connectivity index (χ0n) is 12.4. The van der Waals surface area contributed by atoms with E-state index in [0.717, 1.165) is 18.2 Å². The molecule has 0 aliphatic carbocycles. The highest BCUT2D eigenvalue weighted by Gasteiger charge is 2.16. The van der Waals surface area contributed by atoms with Gasteiger partial charge in [-0.1, -0.05) is 23.2 Å². The highest BCUT2D eigenvalue weighted by molar-refractivity contribution is 6.36. The minimum atomic E-state index is -0.498. The molecule has 1 aromatic heterocycles. The molecule has 7 heteroatoms. The van der Waals surface area contributed by atoms with Gasteiger partial charge in [0.25, 0.3) is 0 Å². The summed E-state index contributed by atoms with van der Waals surface area (Å²) in [6, 6.07) is 8.40. The smallest absolute Gasteiger partial charge is 0.128 e. The number of benzene rings is 2. The summed E-state index contributed by atoms with van der Waals surface area (Å²) in [5.41, 5.74) is 8.00. The first kappa shape index (κ1) is 16.9. The standard InChI is InChI=1S/C17H13Cl2F2N3/c18-11-1-3-13(14(19)6-11)17-16(7-22)24(9-23-17)8-10-5-12(20)2-4-15(10)21/h1-6,9H,7-8,22H2. The van der Waals surface area contributed by atoms with Gasteiger partial charge >= 0.3 is 0 Å². The summed E-state index contributed by atoms with van der Waals surface area (Å²) >= 11 is 12.1. The number of hydrogen-bond donors (Lipinski definition) is 1. The van der Waals surface area contributed by atoms with Crippen molar-refractivity contribution in [1.29, 1.82) is 0 Å². The average Bonchev–Trinajstić information content (AvgIpc) is 2.93. The molecule has 2 N–H and O–H groups in total. The van der Waals surface area contributed by atoms with Crippen LogP contribution in [0.2, 0.25) is 10.0 Å². The van der Waals surface area contributed by atoms with E-state index in [9.17, 15) is 8.78 Å². The van der Waals surface area contributed by atoms with Crippen molar-refractivity contribution in [1.82, 2.24) is 9.55 Å². The Balaban J connectivity index is 2.02. The maximum Gasteiger partial charge on any atom is 0.128 e. The van der Waals surface area contributed by atoms with Gasteiger partial charge in [0, 0.05) is 22.7 Å². The topological polar surface area (TPSA) is 43.8 Å². The second-order valence-corrected chi connectivity index (χ2v) is 6.08. The Labute approximate surface area is 147 Å². The van der Waals surface area contributed by atoms with E-state index in [0.29, 0.717) is 27.0 Å². The third-order valence-electron chi connectivity index (χ3n) is 3.67. The monoisotopic (exact) mass is 367 g/mol. The van der Waals surface area contributed by atoms with Crippen molar-refractivity contribution in [3.8, 4) is 11.3 Å². The molecule has 0 saturated carbocycles. The van der Waals surface area contributed by atoms with Crippen molar-refractivity contribution in [2.75, 3.05) is 0 Å². The molecule has 124 valence electrons. The summed E-state index contributed by atoms with van der Waals surface area (Å²) in [5, 5.41) is 0.957. The van der Waals surface area contributed by atoms with Crippen molar-refractivity contribution in [3.05, 3.63) is 75.7 Å². The first-order valence-electron chi connectivity index (χ1n) is 7.13. The summed E-state index contributed by atoms with van der Waals surface area (Å²) in [4.78, 5) is 4.34. The second kappa shape index (κ2) is 6.89. The van der Waals surface area contributed by atoms with Crippen LogP contribution >= 0.6 is 23.2 Å². The number of nitrogens with two attached hydrogens (primary N) is 1. The molecule has 3 aromatic rings. The van der Waals surface area contributed by atoms with E-state index < -0.39 is 11.6 Å². The van der Waals surface area contributed by atoms with Gasteiger partial charge in [-0.2, -0.15) is 0 Å². The van der Waals surface area contributed by atoms with Gasteiger partial charge in [0.2, 0.25) is 0 Å². The summed E-state index contributed by atoms with van der Waals surface area (Å²) in [5.74, 6) is -0.985. The molecule has 0 spiro atoms. The molecule has 3 nitrogen and oxygen atoms in total. The summed E-state index contributed by atoms with van der Waals surface area (Å²) in [6.07, 6.45) is 1.53. The third kappa shape index (κ3) is 3.29. The Kier molecular flexibility index (Phi) is 4.85. The summed E-state index contributed by atoms with van der Waals surface area (Å²) in [6.45, 7) is 0.291. The fourth-order valence-corrected chi connectivity index (χ4v) is 3.01. The van der Waals surface area contributed by atoms with Crippen LogP contribution in [0.3, 0.4) is 0 Å². The Bertz CT molecular complexity index is 894. The zero-order valence-corrected chi connectivity index (χ0v) is 14.0. The van der Waals surface area contributed by atoms with E-state index in [1.807, 2.05) is 0 Å². The van der Waals surface area contributed by atoms with Gasteiger partial charge in [-0.3, -0.25) is 0 Å². The van der Waals surface area contributed by atoms with Crippen molar-refractivity contribution >= 4 is 23.2 Å². The quantitative estimate of drug-likeness (QED) is 0.729. The summed E-state index contributed by atoms with van der Waals surface area (Å²) < 4.78 is 28.9. The Morgan fingerprint density at radius 2 is 1.88 bits per heavy atom. The van der Waals surface area contributed by atoms with Crippen LogP contribution in [-0.2, 0) is 13.1 Å². The molecule has 0 saturated heterocycles. The molecule has 0 atom stereocenters. The lowest BCUT2D eigenvalue weighted by Crippen LogP contribution is -2.10. The number of hydrogen-bond acceptors (Lipinski definition) is 2. The second-order valence-electron chi connectivity index (χ2n) is 5.23. The predicted molar refractivity (Wildman–Crippen MR) is 91.0 cm³/mol. The molecular weight excluding hydrogens is 355 g/mol. The number of halogens is 4. The van der Waals surface area contributed by atoms with E-state index in [4.69, 9.17) is 28.9 Å². The largest absolute Gasteiger partial charge is 0.328 e. The van der Waals surface area contributed by atoms with Crippen LogP contribution in [0.4, 0.5) is 8.78 Å². The van der Waals surface area contributed by atoms with Crippen molar-refractivity contribution < 1.29 is 8.78 Å². The number of aromatic nitrogens is 2. The molecule has 0 aliphatic heterocycles. The van der Waals surface area contributed by atoms with E-state index in [1.165, 1.54) is 6.33 Å². The molecule has 0 fully saturated rings. The van der Waals surface area contributed by atoms with E-state index in [-0.39, 0.29) is 18.7 Å². The Hall–Kier alpha value is -1.95. The molecule has 2 aromatic carbocycles. The van der Waals surface area contributed by atoms with Crippen molar-refractivity contribution in [3.63, 3.8) is 0 Å². The van der Waals surface area contributed by atoms with Gasteiger partial charge in [-0.25, -0.2) is 13.8 Å². The van der Waals surface area contributed by atoms with Crippen LogP contribution in [0.25, 0.3) is 11.3 Å². The lowest BCUT2D eigenvalue weighted by molar-refractivity contribution is 0.574. The highest BCUT2D eigenvalue weighted by Crippen LogP contribution is 2.31. The first-order chi connectivity index (χ1) is 11.5. The number of imidazole rings is 1. The lowest BCUT2D eigenvalue weighted by atomic mass is 10.1. The van der Waals surface area contributed by atoms with Gasteiger partial charge < -0.3 is 10.3 Å². The Morgan fingerprint density at radius 3 is 2.58 bits per heavy atom. The molecule has 0 radical (unpaired) electrons. The maximum absolute atomic E-state index is 13.9. The van der Waals surface area contributed by atoms with E-state index in [1.54, 1.807) is 22.8 Å². The fraction of sp³-hybridized carbons (Fsp3) is 0.118. The minimum Gasteiger partial charge on any atom is -0.328 e. The Morgan fingerprint density at radius 1 is 1.08 bits per heavy atom. The molecule has 0 aliphatic rings. The molecule has 0 bridgehead atoms. The molecule has 1 heterocycles. The average molecular weight is 368 g/mol. The molecule has 3 rings (SSSR count). The van der Waals surface area contributed by atoms with Crippen LogP contribution in [0.15, 0.2) is 42.7 Å². The number of rotatable bonds is 4. The molecule has 24 heavy (non-hydrogen) atoms. The molecule has 0 amide bonds. The predicted octanol–water partition coefficient (Wildman–Crippen LogP) is 4.64. The van der Waals surface area contributed by atoms with Crippen LogP contribution < -0.4 is 5.73 Å². The minimum absolute atomic E-state index is 0.119. The van der Waals surface area contributed by atoms with Gasteiger partial charge in [0.15, 0.2) is 0 Å². The zero-order chi connectivity index (χ0) is 17.3. The van der Waals surface area contributed by atoms with Crippen molar-refractivity contribution in [2.45, 2.75) is 13.1 Å². The van der Waals surface area contributed by atoms with Crippen LogP contribution in [0, 0.1) is 11.6 Å². The lowest BCUT2D eigenvalue weighted by Gasteiger charge is -2.10. The SMILES string of the molecule is NCc1c(-c2ccc(Cl)cc2Cl)ncn1Cc1cc(F)ccc1F. The molecule has 0 unspecified atom stereocenters. The van der Waals surface area contributed by atoms with Crippen molar-refractivity contribution in [2.24, 2.45) is 5.73 Å². The van der Waals surface area contributed by atoms with Crippen LogP contribution in [0.1, 0.15) is 11.3 Å². The maximum atomic E-state index is 13.9. The van der Waals surface area contributed by atoms with Gasteiger partial charge in [0.05, 0.1) is 29.3 Å². The molecular formula is C17H13Cl2F2N3. The van der Waals surface area contributed by atoms with Gasteiger partial charge in [-0.05, 0) is 36.4 Å². The van der Waals surface area contributed by atoms with E-state index >= 15 is 0 Å². The van der Waals surface area contributed by atoms with Gasteiger partial charge in [0.1, 0.15) is 11.6 Å². The number of nitrogens with zero attached hydrogens (tertiary/aromatic N) is 2. The first-order valence-corrected chi connectivity index (χ1v) is 7.88.